The molecule has 3 nitrogen and oxygen atoms in total. The second-order valence-electron chi connectivity index (χ2n) is 5.18. The SMILES string of the molecule is O=S(=O)(O)[CH]CCCCCCCCCc1ccccc1. The Labute approximate surface area is 123 Å². The molecule has 0 fully saturated rings. The first kappa shape index (κ1) is 17.2. The van der Waals surface area contributed by atoms with Crippen LogP contribution in [0.1, 0.15) is 56.9 Å². The highest BCUT2D eigenvalue weighted by Gasteiger charge is 2.03. The van der Waals surface area contributed by atoms with Gasteiger partial charge in [-0.25, -0.2) is 0 Å². The molecule has 0 bridgehead atoms. The summed E-state index contributed by atoms with van der Waals surface area (Å²) in [7, 11) is -3.88. The van der Waals surface area contributed by atoms with Crippen molar-refractivity contribution in [2.75, 3.05) is 0 Å². The van der Waals surface area contributed by atoms with E-state index in [-0.39, 0.29) is 0 Å². The number of benzene rings is 1. The molecule has 0 spiro atoms. The Kier molecular flexibility index (Phi) is 8.54. The molecule has 0 atom stereocenters. The maximum atomic E-state index is 10.5. The highest BCUT2D eigenvalue weighted by Crippen LogP contribution is 2.12. The molecule has 0 amide bonds. The van der Waals surface area contributed by atoms with E-state index >= 15 is 0 Å². The van der Waals surface area contributed by atoms with E-state index in [0.717, 1.165) is 31.4 Å². The molecule has 0 saturated carbocycles. The minimum Gasteiger partial charge on any atom is -0.285 e. The Morgan fingerprint density at radius 1 is 0.850 bits per heavy atom. The molecule has 0 aliphatic carbocycles. The maximum absolute atomic E-state index is 10.5. The largest absolute Gasteiger partial charge is 0.285 e. The molecule has 1 aromatic rings. The van der Waals surface area contributed by atoms with Gasteiger partial charge in [0, 0.05) is 0 Å². The Morgan fingerprint density at radius 2 is 1.40 bits per heavy atom. The summed E-state index contributed by atoms with van der Waals surface area (Å²) < 4.78 is 29.4. The fourth-order valence-corrected chi connectivity index (χ4v) is 2.70. The number of unbranched alkanes of at least 4 members (excludes halogenated alkanes) is 7. The number of aryl methyl sites for hydroxylation is 1. The summed E-state index contributed by atoms with van der Waals surface area (Å²) in [5.74, 6) is 0.993. The van der Waals surface area contributed by atoms with Crippen molar-refractivity contribution in [2.24, 2.45) is 0 Å². The third kappa shape index (κ3) is 9.98. The van der Waals surface area contributed by atoms with Crippen molar-refractivity contribution in [3.8, 4) is 0 Å². The van der Waals surface area contributed by atoms with Crippen LogP contribution in [0, 0.1) is 5.75 Å². The maximum Gasteiger partial charge on any atom is 0.269 e. The summed E-state index contributed by atoms with van der Waals surface area (Å²) in [5, 5.41) is 0. The van der Waals surface area contributed by atoms with Crippen molar-refractivity contribution < 1.29 is 13.0 Å². The molecule has 0 saturated heterocycles. The van der Waals surface area contributed by atoms with E-state index in [0.29, 0.717) is 6.42 Å². The van der Waals surface area contributed by atoms with Crippen molar-refractivity contribution in [3.63, 3.8) is 0 Å². The number of hydrogen-bond acceptors (Lipinski definition) is 2. The highest BCUT2D eigenvalue weighted by molar-refractivity contribution is 7.87. The van der Waals surface area contributed by atoms with Gasteiger partial charge in [0.25, 0.3) is 10.1 Å². The van der Waals surface area contributed by atoms with Crippen LogP contribution in [-0.2, 0) is 16.5 Å². The van der Waals surface area contributed by atoms with Gasteiger partial charge in [-0.15, -0.1) is 0 Å². The first-order valence-electron chi connectivity index (χ1n) is 7.42. The standard InChI is InChI=1S/C16H25O3S/c17-20(18,19)15-11-6-4-2-1-3-5-8-12-16-13-9-7-10-14-16/h7,9-10,13-15H,1-6,8,11-12H2,(H,17,18,19). The summed E-state index contributed by atoms with van der Waals surface area (Å²) >= 11 is 0. The third-order valence-electron chi connectivity index (χ3n) is 3.34. The van der Waals surface area contributed by atoms with Crippen molar-refractivity contribution in [1.82, 2.24) is 0 Å². The van der Waals surface area contributed by atoms with Crippen molar-refractivity contribution in [1.29, 1.82) is 0 Å². The molecular weight excluding hydrogens is 272 g/mol. The molecule has 0 aliphatic rings. The quantitative estimate of drug-likeness (QED) is 0.486. The molecule has 20 heavy (non-hydrogen) atoms. The van der Waals surface area contributed by atoms with Gasteiger partial charge in [0.15, 0.2) is 0 Å². The summed E-state index contributed by atoms with van der Waals surface area (Å²) in [5.41, 5.74) is 1.41. The van der Waals surface area contributed by atoms with Gasteiger partial charge in [0.1, 0.15) is 5.75 Å². The van der Waals surface area contributed by atoms with E-state index in [1.165, 1.54) is 31.2 Å². The number of rotatable bonds is 11. The van der Waals surface area contributed by atoms with Gasteiger partial charge in [0.05, 0.1) is 0 Å². The van der Waals surface area contributed by atoms with Gasteiger partial charge in [0.2, 0.25) is 0 Å². The van der Waals surface area contributed by atoms with Crippen molar-refractivity contribution >= 4 is 10.1 Å². The molecule has 0 unspecified atom stereocenters. The minimum atomic E-state index is -3.88. The lowest BCUT2D eigenvalue weighted by Gasteiger charge is -2.02. The Bertz CT molecular complexity index is 440. The topological polar surface area (TPSA) is 54.4 Å². The summed E-state index contributed by atoms with van der Waals surface area (Å²) in [6.45, 7) is 0. The van der Waals surface area contributed by atoms with Crippen LogP contribution in [0.5, 0.6) is 0 Å². The van der Waals surface area contributed by atoms with E-state index in [9.17, 15) is 8.42 Å². The van der Waals surface area contributed by atoms with E-state index in [4.69, 9.17) is 4.55 Å². The van der Waals surface area contributed by atoms with Crippen molar-refractivity contribution in [3.05, 3.63) is 41.6 Å². The molecule has 0 heterocycles. The van der Waals surface area contributed by atoms with Crippen LogP contribution in [0.3, 0.4) is 0 Å². The molecule has 1 rings (SSSR count). The zero-order valence-corrected chi connectivity index (χ0v) is 12.8. The van der Waals surface area contributed by atoms with Gasteiger partial charge in [-0.05, 0) is 24.8 Å². The molecule has 1 aromatic carbocycles. The molecular formula is C16H25O3S. The van der Waals surface area contributed by atoms with Gasteiger partial charge < -0.3 is 0 Å². The second-order valence-corrected chi connectivity index (χ2v) is 6.54. The third-order valence-corrected chi connectivity index (χ3v) is 4.00. The van der Waals surface area contributed by atoms with Crippen LogP contribution >= 0.6 is 0 Å². The van der Waals surface area contributed by atoms with Crippen molar-refractivity contribution in [2.45, 2.75) is 57.8 Å². The average molecular weight is 297 g/mol. The zero-order chi connectivity index (χ0) is 14.7. The Morgan fingerprint density at radius 3 is 2.00 bits per heavy atom. The Hall–Kier alpha value is -0.870. The molecule has 1 radical (unpaired) electrons. The van der Waals surface area contributed by atoms with E-state index in [2.05, 4.69) is 24.3 Å². The van der Waals surface area contributed by atoms with Crippen LogP contribution in [0.25, 0.3) is 0 Å². The zero-order valence-electron chi connectivity index (χ0n) is 12.0. The van der Waals surface area contributed by atoms with Gasteiger partial charge in [-0.1, -0.05) is 68.9 Å². The monoisotopic (exact) mass is 297 g/mol. The summed E-state index contributed by atoms with van der Waals surface area (Å²) in [6, 6.07) is 10.6. The van der Waals surface area contributed by atoms with E-state index < -0.39 is 10.1 Å². The summed E-state index contributed by atoms with van der Waals surface area (Å²) in [4.78, 5) is 0. The van der Waals surface area contributed by atoms with Gasteiger partial charge >= 0.3 is 0 Å². The normalized spacial score (nSPS) is 11.7. The predicted octanol–water partition coefficient (Wildman–Crippen LogP) is 4.40. The minimum absolute atomic E-state index is 0.451. The average Bonchev–Trinajstić information content (AvgIpc) is 2.41. The van der Waals surface area contributed by atoms with Crippen LogP contribution in [0.2, 0.25) is 0 Å². The first-order valence-corrected chi connectivity index (χ1v) is 8.93. The molecule has 0 aromatic heterocycles. The molecule has 4 heteroatoms. The van der Waals surface area contributed by atoms with E-state index in [1.54, 1.807) is 0 Å². The van der Waals surface area contributed by atoms with Crippen LogP contribution < -0.4 is 0 Å². The fourth-order valence-electron chi connectivity index (χ4n) is 2.23. The lowest BCUT2D eigenvalue weighted by molar-refractivity contribution is 0.486. The van der Waals surface area contributed by atoms with Crippen LogP contribution in [0.4, 0.5) is 0 Å². The van der Waals surface area contributed by atoms with Crippen LogP contribution in [-0.4, -0.2) is 13.0 Å². The molecule has 1 N–H and O–H groups in total. The predicted molar refractivity (Wildman–Crippen MR) is 82.9 cm³/mol. The smallest absolute Gasteiger partial charge is 0.269 e. The first-order chi connectivity index (χ1) is 9.58. The van der Waals surface area contributed by atoms with Gasteiger partial charge in [-0.2, -0.15) is 8.42 Å². The highest BCUT2D eigenvalue weighted by atomic mass is 32.2. The summed E-state index contributed by atoms with van der Waals surface area (Å²) in [6.07, 6.45) is 9.57. The van der Waals surface area contributed by atoms with E-state index in [1.807, 2.05) is 6.07 Å². The molecule has 0 aliphatic heterocycles. The lowest BCUT2D eigenvalue weighted by Crippen LogP contribution is -1.96. The second kappa shape index (κ2) is 9.94. The Balaban J connectivity index is 1.86. The van der Waals surface area contributed by atoms with Crippen LogP contribution in [0.15, 0.2) is 30.3 Å². The fraction of sp³-hybridized carbons (Fsp3) is 0.562. The number of hydrogen-bond donors (Lipinski definition) is 1. The lowest BCUT2D eigenvalue weighted by atomic mass is 10.0. The molecule has 113 valence electrons. The van der Waals surface area contributed by atoms with Gasteiger partial charge in [-0.3, -0.25) is 4.55 Å².